The van der Waals surface area contributed by atoms with E-state index in [-0.39, 0.29) is 0 Å². The third-order valence-electron chi connectivity index (χ3n) is 4.30. The van der Waals surface area contributed by atoms with Gasteiger partial charge in [-0.05, 0) is 17.2 Å². The molecule has 0 saturated heterocycles. The van der Waals surface area contributed by atoms with Crippen LogP contribution in [0.3, 0.4) is 0 Å². The van der Waals surface area contributed by atoms with Gasteiger partial charge in [-0.3, -0.25) is 9.78 Å². The predicted octanol–water partition coefficient (Wildman–Crippen LogP) is 2.97. The minimum atomic E-state index is -3.28. The van der Waals surface area contributed by atoms with Crippen molar-refractivity contribution in [1.82, 2.24) is 19.0 Å². The Morgan fingerprint density at radius 3 is 2.40 bits per heavy atom. The molecule has 1 amide bonds. The molecule has 0 bridgehead atoms. The zero-order valence-corrected chi connectivity index (χ0v) is 16.3. The Morgan fingerprint density at radius 1 is 1.10 bits per heavy atom. The van der Waals surface area contributed by atoms with Crippen molar-refractivity contribution < 1.29 is 23.1 Å². The van der Waals surface area contributed by atoms with Crippen LogP contribution in [0.25, 0.3) is 11.1 Å². The highest BCUT2D eigenvalue weighted by Crippen LogP contribution is 2.24. The number of alkyl halides is 3. The zero-order valence-electron chi connectivity index (χ0n) is 15.5. The summed E-state index contributed by atoms with van der Waals surface area (Å²) in [7, 11) is 0. The van der Waals surface area contributed by atoms with Crippen molar-refractivity contribution in [2.24, 2.45) is 0 Å². The van der Waals surface area contributed by atoms with Gasteiger partial charge in [0, 0.05) is 11.8 Å². The maximum Gasteiger partial charge on any atom is 0.315 e. The van der Waals surface area contributed by atoms with Crippen molar-refractivity contribution in [2.45, 2.75) is 25.1 Å². The molecule has 0 radical (unpaired) electrons. The molecular formula is C19H18F3N5O2S. The molecule has 0 unspecified atom stereocenters. The van der Waals surface area contributed by atoms with Crippen LogP contribution in [0.1, 0.15) is 17.4 Å². The van der Waals surface area contributed by atoms with Gasteiger partial charge in [0.1, 0.15) is 12.8 Å². The number of aliphatic hydroxyl groups is 1. The highest BCUT2D eigenvalue weighted by atomic mass is 32.1. The molecule has 158 valence electrons. The predicted molar refractivity (Wildman–Crippen MR) is 106 cm³/mol. The number of benzene rings is 1. The smallest absolute Gasteiger partial charge is 0.315 e. The number of carbonyl (C=O) groups excluding carboxylic acids is 1. The van der Waals surface area contributed by atoms with E-state index in [4.69, 9.17) is 0 Å². The van der Waals surface area contributed by atoms with Gasteiger partial charge in [0.05, 0.1) is 36.2 Å². The molecule has 0 aliphatic heterocycles. The van der Waals surface area contributed by atoms with E-state index in [0.29, 0.717) is 17.9 Å². The zero-order chi connectivity index (χ0) is 21.5. The number of hydrogen-bond acceptors (Lipinski definition) is 7. The van der Waals surface area contributed by atoms with E-state index in [2.05, 4.69) is 19.0 Å². The SMILES string of the molecule is O=C(N[C@H](CF)[C@@H](O)c1ccc(-c2ccc(CNc3cnsn3)nc2)cc1)C(F)F. The summed E-state index contributed by atoms with van der Waals surface area (Å²) in [5.41, 5.74) is 2.72. The molecule has 11 heteroatoms. The average Bonchev–Trinajstić information content (AvgIpc) is 3.29. The van der Waals surface area contributed by atoms with Gasteiger partial charge in [0.2, 0.25) is 0 Å². The second-order valence-corrected chi connectivity index (χ2v) is 6.88. The highest BCUT2D eigenvalue weighted by molar-refractivity contribution is 6.99. The van der Waals surface area contributed by atoms with Crippen LogP contribution in [-0.4, -0.2) is 43.9 Å². The molecule has 0 spiro atoms. The molecule has 3 rings (SSSR count). The standard InChI is InChI=1S/C19H18F3N5O2S/c20-7-15(26-19(29)18(21)22)17(28)12-3-1-11(2-4-12)13-5-6-14(23-8-13)9-24-16-10-25-30-27-16/h1-6,8,10,15,17-18,28H,7,9H2,(H,24,27)(H,26,29)/t15-,17+/m1/s1. The number of anilines is 1. The molecular weight excluding hydrogens is 419 g/mol. The van der Waals surface area contributed by atoms with Crippen molar-refractivity contribution in [2.75, 3.05) is 12.0 Å². The van der Waals surface area contributed by atoms with Crippen LogP contribution in [0.4, 0.5) is 19.0 Å². The van der Waals surface area contributed by atoms with E-state index in [1.807, 2.05) is 12.1 Å². The quantitative estimate of drug-likeness (QED) is 0.476. The van der Waals surface area contributed by atoms with Crippen molar-refractivity contribution in [3.05, 3.63) is 60.0 Å². The maximum atomic E-state index is 13.1. The second kappa shape index (κ2) is 10.1. The summed E-state index contributed by atoms with van der Waals surface area (Å²) in [5, 5.41) is 15.1. The monoisotopic (exact) mass is 437 g/mol. The summed E-state index contributed by atoms with van der Waals surface area (Å²) < 4.78 is 45.8. The van der Waals surface area contributed by atoms with Gasteiger partial charge in [0.15, 0.2) is 5.82 Å². The molecule has 3 N–H and O–H groups in total. The molecule has 0 saturated carbocycles. The molecule has 2 aromatic heterocycles. The molecule has 0 aliphatic carbocycles. The van der Waals surface area contributed by atoms with Crippen LogP contribution < -0.4 is 10.6 Å². The van der Waals surface area contributed by atoms with E-state index < -0.39 is 31.2 Å². The largest absolute Gasteiger partial charge is 0.386 e. The van der Waals surface area contributed by atoms with Gasteiger partial charge in [-0.1, -0.05) is 30.3 Å². The molecule has 30 heavy (non-hydrogen) atoms. The third-order valence-corrected chi connectivity index (χ3v) is 4.77. The fourth-order valence-electron chi connectivity index (χ4n) is 2.68. The third kappa shape index (κ3) is 5.51. The van der Waals surface area contributed by atoms with Crippen LogP contribution in [0.5, 0.6) is 0 Å². The molecule has 2 atom stereocenters. The number of hydrogen-bond donors (Lipinski definition) is 3. The highest BCUT2D eigenvalue weighted by Gasteiger charge is 2.26. The fraction of sp³-hybridized carbons (Fsp3) is 0.263. The van der Waals surface area contributed by atoms with Gasteiger partial charge in [0.25, 0.3) is 5.91 Å². The molecule has 7 nitrogen and oxygen atoms in total. The average molecular weight is 437 g/mol. The van der Waals surface area contributed by atoms with Gasteiger partial charge in [-0.15, -0.1) is 0 Å². The topological polar surface area (TPSA) is 100 Å². The molecule has 0 aliphatic rings. The van der Waals surface area contributed by atoms with Gasteiger partial charge >= 0.3 is 6.43 Å². The number of carbonyl (C=O) groups is 1. The number of halogens is 3. The number of amides is 1. The molecule has 0 fully saturated rings. The van der Waals surface area contributed by atoms with Crippen molar-refractivity contribution in [3.8, 4) is 11.1 Å². The summed E-state index contributed by atoms with van der Waals surface area (Å²) in [6.45, 7) is -0.691. The first-order valence-electron chi connectivity index (χ1n) is 8.87. The molecule has 3 aromatic rings. The van der Waals surface area contributed by atoms with Crippen molar-refractivity contribution in [3.63, 3.8) is 0 Å². The minimum Gasteiger partial charge on any atom is -0.386 e. The first-order chi connectivity index (χ1) is 14.5. The first-order valence-corrected chi connectivity index (χ1v) is 9.60. The Bertz CT molecular complexity index is 940. The lowest BCUT2D eigenvalue weighted by molar-refractivity contribution is -0.133. The van der Waals surface area contributed by atoms with Crippen molar-refractivity contribution in [1.29, 1.82) is 0 Å². The number of rotatable bonds is 9. The summed E-state index contributed by atoms with van der Waals surface area (Å²) >= 11 is 1.11. The Kier molecular flexibility index (Phi) is 7.31. The van der Waals surface area contributed by atoms with Crippen LogP contribution in [0.2, 0.25) is 0 Å². The lowest BCUT2D eigenvalue weighted by atomic mass is 9.99. The van der Waals surface area contributed by atoms with Crippen molar-refractivity contribution >= 4 is 23.5 Å². The van der Waals surface area contributed by atoms with Crippen LogP contribution in [-0.2, 0) is 11.3 Å². The van der Waals surface area contributed by atoms with E-state index in [1.165, 1.54) is 0 Å². The Morgan fingerprint density at radius 2 is 1.83 bits per heavy atom. The van der Waals surface area contributed by atoms with Gasteiger partial charge < -0.3 is 15.7 Å². The summed E-state index contributed by atoms with van der Waals surface area (Å²) in [4.78, 5) is 15.4. The number of nitrogens with one attached hydrogen (secondary N) is 2. The summed E-state index contributed by atoms with van der Waals surface area (Å²) in [6, 6.07) is 8.74. The second-order valence-electron chi connectivity index (χ2n) is 6.32. The Hall–Kier alpha value is -3.05. The van der Waals surface area contributed by atoms with Crippen LogP contribution in [0.15, 0.2) is 48.8 Å². The van der Waals surface area contributed by atoms with Gasteiger partial charge in [-0.2, -0.15) is 17.5 Å². The van der Waals surface area contributed by atoms with E-state index in [9.17, 15) is 23.1 Å². The lowest BCUT2D eigenvalue weighted by Gasteiger charge is -2.22. The number of aromatic nitrogens is 3. The fourth-order valence-corrected chi connectivity index (χ4v) is 3.07. The number of aliphatic hydroxyl groups excluding tert-OH is 1. The van der Waals surface area contributed by atoms with Crippen LogP contribution >= 0.6 is 11.7 Å². The number of nitrogens with zero attached hydrogens (tertiary/aromatic N) is 3. The normalized spacial score (nSPS) is 13.1. The Labute approximate surface area is 174 Å². The van der Waals surface area contributed by atoms with Gasteiger partial charge in [-0.25, -0.2) is 4.39 Å². The van der Waals surface area contributed by atoms with E-state index in [0.717, 1.165) is 28.5 Å². The minimum absolute atomic E-state index is 0.293. The van der Waals surface area contributed by atoms with E-state index >= 15 is 0 Å². The Balaban J connectivity index is 1.63. The molecule has 1 aromatic carbocycles. The van der Waals surface area contributed by atoms with Crippen LogP contribution in [0, 0.1) is 0 Å². The number of pyridine rings is 1. The maximum absolute atomic E-state index is 13.1. The lowest BCUT2D eigenvalue weighted by Crippen LogP contribution is -2.43. The summed E-state index contributed by atoms with van der Waals surface area (Å²) in [5.74, 6) is -0.948. The van der Waals surface area contributed by atoms with E-state index in [1.54, 1.807) is 42.0 Å². The molecule has 2 heterocycles. The summed E-state index contributed by atoms with van der Waals surface area (Å²) in [6.07, 6.45) is -1.42. The first kappa shape index (κ1) is 21.7.